The summed E-state index contributed by atoms with van der Waals surface area (Å²) in [6.07, 6.45) is -15.9. The molecule has 39 nitrogen and oxygen atoms in total. The fourth-order valence-electron chi connectivity index (χ4n) is 16.2. The van der Waals surface area contributed by atoms with Gasteiger partial charge in [-0.2, -0.15) is 0 Å². The molecule has 2 amide bonds. The summed E-state index contributed by atoms with van der Waals surface area (Å²) in [6.45, 7) is 3.02. The predicted molar refractivity (Wildman–Crippen MR) is 448 cm³/mol. The number of unbranched alkanes of at least 4 members (excludes halogenated alkanes) is 32. The highest BCUT2D eigenvalue weighted by Crippen LogP contribution is 2.46. The van der Waals surface area contributed by atoms with Gasteiger partial charge < -0.3 is 144 Å². The smallest absolute Gasteiger partial charge is 0.472 e. The minimum absolute atomic E-state index is 0.00496. The molecule has 4 heterocycles. The van der Waals surface area contributed by atoms with E-state index in [2.05, 4.69) is 38.3 Å². The van der Waals surface area contributed by atoms with E-state index < -0.39 is 262 Å². The SMILES string of the molecule is CCCCCCCCCCC[C@@H](O)CC(=O)N[C@H]1C(OC(=O)C[C@H](O)CCCCCCCCCCC)[C@H](O)C(CO[C@@H]2OC(CO[C@]3(C(=O)O)C[C@@H](O[C@]4(C(=O)O)CC(O)[C@@H](O)C([C@H](O)CO)O4)[C@@H](O)C([C@H](O)CO)O3)[C@@H](OP(=O)(O)O)C(OC(=O)C[C@H](O)CCCCCCCCCCC)[C@@H]2NC(=O)C[C@H](O)CCCCCCCCCCC)O[C@@H]1OP(=O)(O)O. The number of aliphatic hydroxyl groups excluding tert-OH is 12. The number of carbonyl (C=O) groups is 6. The van der Waals surface area contributed by atoms with Gasteiger partial charge in [0, 0.05) is 12.8 Å². The van der Waals surface area contributed by atoms with Crippen molar-refractivity contribution in [1.29, 1.82) is 0 Å². The number of esters is 2. The molecule has 0 bridgehead atoms. The van der Waals surface area contributed by atoms with Crippen LogP contribution in [0.15, 0.2) is 0 Å². The molecule has 0 aromatic heterocycles. The van der Waals surface area contributed by atoms with E-state index in [1.807, 2.05) is 0 Å². The Labute approximate surface area is 735 Å². The van der Waals surface area contributed by atoms with Crippen LogP contribution in [-0.4, -0.2) is 299 Å². The first-order valence-electron chi connectivity index (χ1n) is 46.0. The third-order valence-corrected chi connectivity index (χ3v) is 24.3. The second kappa shape index (κ2) is 61.2. The third-order valence-electron chi connectivity index (χ3n) is 23.3. The maximum absolute atomic E-state index is 14.7. The minimum Gasteiger partial charge on any atom is -0.477 e. The van der Waals surface area contributed by atoms with Crippen molar-refractivity contribution in [3.63, 3.8) is 0 Å². The number of hydrogen-bond donors (Lipinski definition) is 20. The van der Waals surface area contributed by atoms with Crippen molar-refractivity contribution >= 4 is 51.3 Å². The number of phosphoric ester groups is 2. The summed E-state index contributed by atoms with van der Waals surface area (Å²) in [5.41, 5.74) is 0. The summed E-state index contributed by atoms with van der Waals surface area (Å²) >= 11 is 0. The van der Waals surface area contributed by atoms with Crippen molar-refractivity contribution in [2.45, 2.75) is 469 Å². The molecule has 0 aliphatic carbocycles. The van der Waals surface area contributed by atoms with Crippen molar-refractivity contribution in [2.75, 3.05) is 26.4 Å². The molecule has 41 heteroatoms. The zero-order valence-corrected chi connectivity index (χ0v) is 75.5. The topological polar surface area (TPSA) is 626 Å². The summed E-state index contributed by atoms with van der Waals surface area (Å²) in [7, 11) is -11.9. The zero-order chi connectivity index (χ0) is 92.7. The van der Waals surface area contributed by atoms with Crippen LogP contribution in [0.2, 0.25) is 0 Å². The first kappa shape index (κ1) is 114. The first-order chi connectivity index (χ1) is 59.4. The molecule has 7 unspecified atom stereocenters. The normalized spacial score (nSPS) is 28.3. The molecule has 4 aliphatic rings. The van der Waals surface area contributed by atoms with E-state index in [1.165, 1.54) is 0 Å². The number of ether oxygens (including phenoxy) is 9. The van der Waals surface area contributed by atoms with Crippen molar-refractivity contribution in [3.05, 3.63) is 0 Å². The van der Waals surface area contributed by atoms with Crippen LogP contribution in [-0.2, 0) is 89.6 Å². The number of amides is 2. The number of carboxylic acids is 2. The van der Waals surface area contributed by atoms with E-state index in [-0.39, 0.29) is 25.7 Å². The maximum Gasteiger partial charge on any atom is 0.472 e. The Kier molecular flexibility index (Phi) is 55.6. The van der Waals surface area contributed by atoms with Crippen molar-refractivity contribution in [2.24, 2.45) is 0 Å². The van der Waals surface area contributed by atoms with E-state index in [0.717, 1.165) is 180 Å². The number of aliphatic carboxylic acids is 2. The molecule has 4 saturated heterocycles. The summed E-state index contributed by atoms with van der Waals surface area (Å²) in [4.78, 5) is 128. The van der Waals surface area contributed by atoms with Crippen molar-refractivity contribution in [1.82, 2.24) is 10.6 Å². The largest absolute Gasteiger partial charge is 0.477 e. The Hall–Kier alpha value is -3.72. The van der Waals surface area contributed by atoms with Gasteiger partial charge in [-0.1, -0.05) is 259 Å². The third kappa shape index (κ3) is 42.8. The standard InChI is InChI=1S/C84H154N2O37P2/c1-5-9-13-17-21-25-29-33-37-41-55(89)45-65(96)85-69-77(117-67(98)47-57(91)43-39-35-31-27-23-19-15-11-7-3)73(102)63(115-80(69)123-125(110,111)112)53-113-79-70(86-66(97)46-56(90)42-38-34-30-26-22-18-14-10-6-2)78(118-68(99)48-58(92)44-40-36-32-28-24-20-16-12-8-4)76(122-124(107,108)109)64(116-79)54-114-83(81(103)104)50-62(72(101)75(120-83)61(95)52-88)119-84(82(105)106)49-59(93)71(100)74(121-84)60(94)51-87/h55-64,69-80,87-95,100-102H,5-54H2,1-4H3,(H,85,96)(H,86,97)(H,103,104)(H,105,106)(H2,107,108,109)(H2,110,111,112)/t55-,56-,57-,58-,59?,60-,61-,62-,63?,64?,69+,70+,71-,72-,73-,74?,75?,76-,77?,78?,79-,80-,83-,84-/m1/s1. The van der Waals surface area contributed by atoms with Crippen LogP contribution >= 0.6 is 15.6 Å². The van der Waals surface area contributed by atoms with Crippen molar-refractivity contribution in [3.8, 4) is 0 Å². The molecule has 0 aromatic carbocycles. The van der Waals surface area contributed by atoms with E-state index in [4.69, 9.17) is 51.7 Å². The van der Waals surface area contributed by atoms with Gasteiger partial charge in [0.25, 0.3) is 11.6 Å². The summed E-state index contributed by atoms with van der Waals surface area (Å²) in [5.74, 6) is -16.0. The molecule has 4 rings (SSSR count). The van der Waals surface area contributed by atoms with Gasteiger partial charge in [-0.15, -0.1) is 0 Å². The number of hydrogen-bond acceptors (Lipinski definition) is 31. The zero-order valence-electron chi connectivity index (χ0n) is 73.8. The number of nitrogens with one attached hydrogen (secondary N) is 2. The number of phosphoric acid groups is 2. The molecule has 0 aromatic rings. The van der Waals surface area contributed by atoms with Crippen LogP contribution in [0.1, 0.15) is 323 Å². The van der Waals surface area contributed by atoms with Crippen LogP contribution < -0.4 is 10.6 Å². The summed E-state index contributed by atoms with van der Waals surface area (Å²) in [6, 6.07) is -4.34. The van der Waals surface area contributed by atoms with Gasteiger partial charge in [0.2, 0.25) is 11.8 Å². The van der Waals surface area contributed by atoms with Gasteiger partial charge in [0.1, 0.15) is 73.1 Å². The van der Waals surface area contributed by atoms with Crippen LogP contribution in [0.3, 0.4) is 0 Å². The quantitative estimate of drug-likeness (QED) is 0.0183. The molecule has 4 fully saturated rings. The molecule has 125 heavy (non-hydrogen) atoms. The van der Waals surface area contributed by atoms with Gasteiger partial charge in [-0.3, -0.25) is 28.2 Å². The molecule has 24 atom stereocenters. The van der Waals surface area contributed by atoms with Crippen LogP contribution in [0.5, 0.6) is 0 Å². The molecule has 0 spiro atoms. The fraction of sp³-hybridized carbons (Fsp3) is 0.929. The number of aliphatic hydroxyl groups is 12. The van der Waals surface area contributed by atoms with E-state index >= 15 is 0 Å². The highest BCUT2D eigenvalue weighted by atomic mass is 31.2. The average molecular weight is 1850 g/mol. The Morgan fingerprint density at radius 1 is 0.408 bits per heavy atom. The summed E-state index contributed by atoms with van der Waals surface area (Å²) < 4.78 is 90.8. The highest BCUT2D eigenvalue weighted by molar-refractivity contribution is 7.46. The van der Waals surface area contributed by atoms with Gasteiger partial charge in [-0.05, 0) is 25.7 Å². The lowest BCUT2D eigenvalue weighted by molar-refractivity contribution is -0.378. The van der Waals surface area contributed by atoms with Gasteiger partial charge >= 0.3 is 39.5 Å². The molecule has 0 saturated carbocycles. The van der Waals surface area contributed by atoms with E-state index in [0.29, 0.717) is 51.4 Å². The number of carbonyl (C=O) groups excluding carboxylic acids is 4. The van der Waals surface area contributed by atoms with Crippen molar-refractivity contribution < 1.29 is 181 Å². The molecule has 20 N–H and O–H groups in total. The van der Waals surface area contributed by atoms with Gasteiger partial charge in [0.15, 0.2) is 24.8 Å². The van der Waals surface area contributed by atoms with E-state index in [1.54, 1.807) is 0 Å². The Morgan fingerprint density at radius 3 is 1.13 bits per heavy atom. The molecule has 0 radical (unpaired) electrons. The summed E-state index contributed by atoms with van der Waals surface area (Å²) in [5, 5.41) is 161. The number of carboxylic acid groups (broad SMARTS) is 2. The Bertz CT molecular complexity index is 3090. The highest BCUT2D eigenvalue weighted by Gasteiger charge is 2.63. The molecule has 732 valence electrons. The van der Waals surface area contributed by atoms with Gasteiger partial charge in [-0.25, -0.2) is 18.7 Å². The fourth-order valence-corrected chi connectivity index (χ4v) is 17.3. The first-order valence-corrected chi connectivity index (χ1v) is 49.0. The molecular weight excluding hydrogens is 1690 g/mol. The van der Waals surface area contributed by atoms with Gasteiger partial charge in [0.05, 0.1) is 88.7 Å². The van der Waals surface area contributed by atoms with Crippen LogP contribution in [0.25, 0.3) is 0 Å². The average Bonchev–Trinajstić information content (AvgIpc) is 0.750. The Balaban J connectivity index is 1.93. The van der Waals surface area contributed by atoms with Crippen LogP contribution in [0, 0.1) is 0 Å². The Morgan fingerprint density at radius 2 is 0.752 bits per heavy atom. The lowest BCUT2D eigenvalue weighted by Crippen LogP contribution is -2.69. The van der Waals surface area contributed by atoms with Crippen LogP contribution in [0.4, 0.5) is 0 Å². The molecular formula is C84H154N2O37P2. The maximum atomic E-state index is 14.7. The lowest BCUT2D eigenvalue weighted by atomic mass is 9.90. The minimum atomic E-state index is -6.10. The second-order valence-electron chi connectivity index (χ2n) is 34.3. The second-order valence-corrected chi connectivity index (χ2v) is 36.7. The monoisotopic (exact) mass is 1840 g/mol. The van der Waals surface area contributed by atoms with E-state index in [9.17, 15) is 129 Å². The lowest BCUT2D eigenvalue weighted by Gasteiger charge is -2.50. The predicted octanol–water partition coefficient (Wildman–Crippen LogP) is 6.21. The number of rotatable bonds is 70. The molecule has 4 aliphatic heterocycles.